The molecule has 1 aliphatic rings. The first kappa shape index (κ1) is 4.34. The first-order valence-electron chi connectivity index (χ1n) is 2.12. The van der Waals surface area contributed by atoms with E-state index in [0.717, 1.165) is 12.2 Å². The largest absolute Gasteiger partial charge is 0.338 e. The van der Waals surface area contributed by atoms with Gasteiger partial charge in [-0.05, 0) is 18.2 Å². The second-order valence-corrected chi connectivity index (χ2v) is 2.96. The Balaban J connectivity index is 2.45. The molecule has 0 saturated heterocycles. The zero-order valence-electron chi connectivity index (χ0n) is 3.55. The molecule has 0 aromatic carbocycles. The normalized spacial score (nSPS) is 33.2. The molecule has 0 saturated carbocycles. The summed E-state index contributed by atoms with van der Waals surface area (Å²) in [6, 6.07) is 0. The van der Waals surface area contributed by atoms with Gasteiger partial charge in [-0.3, -0.25) is 0 Å². The van der Waals surface area contributed by atoms with E-state index < -0.39 is 0 Å². The molecule has 2 heteroatoms. The van der Waals surface area contributed by atoms with Gasteiger partial charge in [-0.15, -0.1) is 0 Å². The Labute approximate surface area is 40.1 Å². The Hall–Kier alpha value is 0.180. The molecule has 0 radical (unpaired) electrons. The van der Waals surface area contributed by atoms with E-state index in [-0.39, 0.29) is 10.8 Å². The molecule has 1 nitrogen and oxygen atoms in total. The van der Waals surface area contributed by atoms with Crippen molar-refractivity contribution in [1.29, 1.82) is 0 Å². The Morgan fingerprint density at radius 2 is 2.50 bits per heavy atom. The molecule has 0 aromatic rings. The van der Waals surface area contributed by atoms with Crippen molar-refractivity contribution in [1.82, 2.24) is 0 Å². The molecule has 0 bridgehead atoms. The third-order valence-electron chi connectivity index (χ3n) is 0.868. The highest BCUT2D eigenvalue weighted by Crippen LogP contribution is 2.14. The fourth-order valence-corrected chi connectivity index (χ4v) is 1.60. The molecule has 0 spiro atoms. The van der Waals surface area contributed by atoms with Gasteiger partial charge in [-0.2, -0.15) is 0 Å². The molecule has 0 aliphatic carbocycles. The standard InChI is InChI=1S/C4H8OS/c5-6-3-1-2-4-6/h3,5H,1-2,4H2. The quantitative estimate of drug-likeness (QED) is 0.459. The van der Waals surface area contributed by atoms with Crippen LogP contribution >= 0.6 is 10.8 Å². The average molecular weight is 104 g/mol. The van der Waals surface area contributed by atoms with Crippen molar-refractivity contribution in [2.24, 2.45) is 0 Å². The van der Waals surface area contributed by atoms with E-state index in [1.54, 1.807) is 0 Å². The summed E-state index contributed by atoms with van der Waals surface area (Å²) in [6.07, 6.45) is 2.32. The van der Waals surface area contributed by atoms with Crippen LogP contribution in [0.5, 0.6) is 0 Å². The lowest BCUT2D eigenvalue weighted by Gasteiger charge is -1.82. The SMILES string of the molecule is OS1=CCCC1. The molecule has 1 N–H and O–H groups in total. The van der Waals surface area contributed by atoms with Crippen LogP contribution in [-0.4, -0.2) is 15.7 Å². The highest BCUT2D eigenvalue weighted by Gasteiger charge is 1.95. The van der Waals surface area contributed by atoms with Gasteiger partial charge in [0.05, 0.1) is 0 Å². The fraction of sp³-hybridized carbons (Fsp3) is 0.750. The summed E-state index contributed by atoms with van der Waals surface area (Å²) in [5.74, 6) is 1.01. The van der Waals surface area contributed by atoms with E-state index in [2.05, 4.69) is 0 Å². The molecule has 1 aliphatic heterocycles. The van der Waals surface area contributed by atoms with Crippen molar-refractivity contribution < 1.29 is 4.55 Å². The van der Waals surface area contributed by atoms with E-state index in [0.29, 0.717) is 0 Å². The first-order valence-corrected chi connectivity index (χ1v) is 3.53. The van der Waals surface area contributed by atoms with Gasteiger partial charge >= 0.3 is 0 Å². The van der Waals surface area contributed by atoms with Crippen LogP contribution in [0.1, 0.15) is 12.8 Å². The lowest BCUT2D eigenvalue weighted by Crippen LogP contribution is -1.65. The smallest absolute Gasteiger partial charge is 0.0122 e. The molecular weight excluding hydrogens is 96.1 g/mol. The van der Waals surface area contributed by atoms with Gasteiger partial charge in [0.2, 0.25) is 0 Å². The molecule has 6 heavy (non-hydrogen) atoms. The predicted octanol–water partition coefficient (Wildman–Crippen LogP) is 1.32. The molecule has 1 atom stereocenters. The van der Waals surface area contributed by atoms with Crippen LogP contribution in [0.2, 0.25) is 0 Å². The summed E-state index contributed by atoms with van der Waals surface area (Å²) < 4.78 is 8.70. The van der Waals surface area contributed by atoms with Crippen LogP contribution in [0.15, 0.2) is 0 Å². The zero-order chi connectivity index (χ0) is 4.41. The molecule has 1 unspecified atom stereocenters. The second kappa shape index (κ2) is 1.76. The highest BCUT2D eigenvalue weighted by atomic mass is 32.2. The van der Waals surface area contributed by atoms with Crippen LogP contribution in [-0.2, 0) is 0 Å². The molecule has 36 valence electrons. The lowest BCUT2D eigenvalue weighted by atomic mass is 10.4. The van der Waals surface area contributed by atoms with Gasteiger partial charge in [0.25, 0.3) is 0 Å². The van der Waals surface area contributed by atoms with E-state index in [4.69, 9.17) is 4.55 Å². The summed E-state index contributed by atoms with van der Waals surface area (Å²) in [6.45, 7) is 0. The van der Waals surface area contributed by atoms with Crippen molar-refractivity contribution in [3.05, 3.63) is 0 Å². The zero-order valence-corrected chi connectivity index (χ0v) is 4.37. The monoisotopic (exact) mass is 104 g/mol. The lowest BCUT2D eigenvalue weighted by molar-refractivity contribution is 0.661. The Bertz CT molecular complexity index is 77.6. The molecule has 0 fully saturated rings. The van der Waals surface area contributed by atoms with E-state index in [1.165, 1.54) is 6.42 Å². The van der Waals surface area contributed by atoms with E-state index in [9.17, 15) is 0 Å². The summed E-state index contributed by atoms with van der Waals surface area (Å²) in [7, 11) is -0.298. The third kappa shape index (κ3) is 0.820. The van der Waals surface area contributed by atoms with Gasteiger partial charge in [0.15, 0.2) is 0 Å². The summed E-state index contributed by atoms with van der Waals surface area (Å²) in [4.78, 5) is 0. The number of rotatable bonds is 0. The average Bonchev–Trinajstić information content (AvgIpc) is 1.86. The minimum absolute atomic E-state index is 0.298. The van der Waals surface area contributed by atoms with E-state index >= 15 is 0 Å². The maximum Gasteiger partial charge on any atom is 0.0122 e. The molecule has 1 rings (SSSR count). The van der Waals surface area contributed by atoms with Crippen LogP contribution in [0.3, 0.4) is 0 Å². The molecule has 1 heterocycles. The minimum Gasteiger partial charge on any atom is -0.338 e. The number of hydrogen-bond donors (Lipinski definition) is 1. The van der Waals surface area contributed by atoms with Crippen LogP contribution in [0, 0.1) is 0 Å². The van der Waals surface area contributed by atoms with Crippen molar-refractivity contribution in [2.45, 2.75) is 12.8 Å². The Morgan fingerprint density at radius 3 is 2.67 bits per heavy atom. The van der Waals surface area contributed by atoms with Gasteiger partial charge in [0.1, 0.15) is 0 Å². The second-order valence-electron chi connectivity index (χ2n) is 1.41. The fourth-order valence-electron chi connectivity index (χ4n) is 0.534. The van der Waals surface area contributed by atoms with E-state index in [1.807, 2.05) is 5.37 Å². The molecular formula is C4H8OS. The summed E-state index contributed by atoms with van der Waals surface area (Å²) >= 11 is 0. The topological polar surface area (TPSA) is 20.2 Å². The van der Waals surface area contributed by atoms with Crippen LogP contribution in [0.25, 0.3) is 0 Å². The first-order chi connectivity index (χ1) is 2.89. The van der Waals surface area contributed by atoms with Crippen molar-refractivity contribution in [3.8, 4) is 0 Å². The predicted molar refractivity (Wildman–Crippen MR) is 30.4 cm³/mol. The van der Waals surface area contributed by atoms with Gasteiger partial charge in [-0.1, -0.05) is 10.8 Å². The van der Waals surface area contributed by atoms with Crippen LogP contribution in [0.4, 0.5) is 0 Å². The van der Waals surface area contributed by atoms with Gasteiger partial charge in [0, 0.05) is 5.75 Å². The molecule has 0 aromatic heterocycles. The molecule has 0 amide bonds. The summed E-state index contributed by atoms with van der Waals surface area (Å²) in [5.41, 5.74) is 0. The number of hydrogen-bond acceptors (Lipinski definition) is 1. The van der Waals surface area contributed by atoms with Crippen molar-refractivity contribution in [2.75, 3.05) is 5.75 Å². The van der Waals surface area contributed by atoms with Crippen molar-refractivity contribution in [3.63, 3.8) is 0 Å². The maximum absolute atomic E-state index is 8.70. The Kier molecular flexibility index (Phi) is 1.27. The maximum atomic E-state index is 8.70. The highest BCUT2D eigenvalue weighted by molar-refractivity contribution is 8.10. The van der Waals surface area contributed by atoms with Gasteiger partial charge < -0.3 is 4.55 Å². The van der Waals surface area contributed by atoms with Gasteiger partial charge in [-0.25, -0.2) is 0 Å². The van der Waals surface area contributed by atoms with Crippen molar-refractivity contribution >= 4 is 16.1 Å². The minimum atomic E-state index is -0.298. The summed E-state index contributed by atoms with van der Waals surface area (Å²) in [5, 5.41) is 1.99. The van der Waals surface area contributed by atoms with Crippen LogP contribution < -0.4 is 0 Å². The third-order valence-corrected chi connectivity index (χ3v) is 2.20. The Morgan fingerprint density at radius 1 is 1.67 bits per heavy atom.